The van der Waals surface area contributed by atoms with Crippen molar-refractivity contribution in [3.8, 4) is 0 Å². The van der Waals surface area contributed by atoms with Gasteiger partial charge >= 0.3 is 0 Å². The normalized spacial score (nSPS) is 13.4. The summed E-state index contributed by atoms with van der Waals surface area (Å²) in [5, 5.41) is 3.27. The molecule has 0 unspecified atom stereocenters. The summed E-state index contributed by atoms with van der Waals surface area (Å²) >= 11 is 0. The summed E-state index contributed by atoms with van der Waals surface area (Å²) < 4.78 is 0. The van der Waals surface area contributed by atoms with Gasteiger partial charge in [-0.15, -0.1) is 0 Å². The summed E-state index contributed by atoms with van der Waals surface area (Å²) in [4.78, 5) is 16.2. The third-order valence-electron chi connectivity index (χ3n) is 3.02. The lowest BCUT2D eigenvalue weighted by Crippen LogP contribution is -2.02. The lowest BCUT2D eigenvalue weighted by atomic mass is 10.0. The summed E-state index contributed by atoms with van der Waals surface area (Å²) in [5.74, 6) is 0.0350. The number of hydrogen-bond donors (Lipinski definition) is 1. The van der Waals surface area contributed by atoms with Crippen molar-refractivity contribution in [1.82, 2.24) is 10.3 Å². The summed E-state index contributed by atoms with van der Waals surface area (Å²) in [6, 6.07) is 9.47. The van der Waals surface area contributed by atoms with E-state index in [4.69, 9.17) is 0 Å². The highest BCUT2D eigenvalue weighted by Crippen LogP contribution is 2.18. The van der Waals surface area contributed by atoms with Gasteiger partial charge in [-0.25, -0.2) is 0 Å². The molecule has 1 N–H and O–H groups in total. The number of aromatic nitrogens is 1. The second kappa shape index (κ2) is 4.11. The van der Waals surface area contributed by atoms with Crippen LogP contribution in [-0.4, -0.2) is 10.8 Å². The van der Waals surface area contributed by atoms with Crippen LogP contribution in [0.3, 0.4) is 0 Å². The fourth-order valence-electron chi connectivity index (χ4n) is 2.10. The highest BCUT2D eigenvalue weighted by atomic mass is 16.1. The Morgan fingerprint density at radius 2 is 2.00 bits per heavy atom. The minimum Gasteiger partial charge on any atom is -0.309 e. The molecule has 0 radical (unpaired) electrons. The quantitative estimate of drug-likeness (QED) is 0.792. The number of pyridine rings is 1. The van der Waals surface area contributed by atoms with Crippen LogP contribution in [0.1, 0.15) is 27.0 Å². The van der Waals surface area contributed by atoms with Crippen LogP contribution in [0.25, 0.3) is 0 Å². The Bertz CT molecular complexity index is 564. The molecule has 84 valence electrons. The van der Waals surface area contributed by atoms with E-state index in [0.717, 1.165) is 18.7 Å². The Morgan fingerprint density at radius 3 is 2.82 bits per heavy atom. The van der Waals surface area contributed by atoms with E-state index in [1.165, 1.54) is 11.1 Å². The van der Waals surface area contributed by atoms with E-state index in [2.05, 4.69) is 10.3 Å². The average molecular weight is 224 g/mol. The highest BCUT2D eigenvalue weighted by molar-refractivity contribution is 6.08. The Balaban J connectivity index is 1.97. The summed E-state index contributed by atoms with van der Waals surface area (Å²) in [6.45, 7) is 1.75. The van der Waals surface area contributed by atoms with Crippen molar-refractivity contribution in [3.63, 3.8) is 0 Å². The molecule has 0 aliphatic carbocycles. The number of fused-ring (bicyclic) bond motifs is 1. The summed E-state index contributed by atoms with van der Waals surface area (Å²) in [7, 11) is 0. The molecule has 1 aliphatic rings. The maximum atomic E-state index is 12.2. The van der Waals surface area contributed by atoms with Gasteiger partial charge in [-0.1, -0.05) is 12.1 Å². The lowest BCUT2D eigenvalue weighted by Gasteiger charge is -2.03. The largest absolute Gasteiger partial charge is 0.309 e. The van der Waals surface area contributed by atoms with E-state index >= 15 is 0 Å². The predicted octanol–water partition coefficient (Wildman–Crippen LogP) is 1.92. The first-order chi connectivity index (χ1) is 8.34. The van der Waals surface area contributed by atoms with Crippen LogP contribution in [0.2, 0.25) is 0 Å². The lowest BCUT2D eigenvalue weighted by molar-refractivity contribution is 0.103. The molecular formula is C14H12N2O. The van der Waals surface area contributed by atoms with Crippen molar-refractivity contribution in [3.05, 3.63) is 65.0 Å². The Kier molecular flexibility index (Phi) is 2.46. The van der Waals surface area contributed by atoms with E-state index in [1.54, 1.807) is 24.5 Å². The molecule has 0 bridgehead atoms. The molecule has 3 heteroatoms. The first kappa shape index (κ1) is 10.2. The molecule has 3 rings (SSSR count). The van der Waals surface area contributed by atoms with Crippen LogP contribution >= 0.6 is 0 Å². The van der Waals surface area contributed by atoms with Crippen molar-refractivity contribution >= 4 is 5.78 Å². The van der Waals surface area contributed by atoms with E-state index in [9.17, 15) is 4.79 Å². The molecule has 2 heterocycles. The van der Waals surface area contributed by atoms with Crippen LogP contribution in [0.5, 0.6) is 0 Å². The fourth-order valence-corrected chi connectivity index (χ4v) is 2.10. The zero-order valence-electron chi connectivity index (χ0n) is 9.31. The van der Waals surface area contributed by atoms with Gasteiger partial charge in [-0.2, -0.15) is 0 Å². The van der Waals surface area contributed by atoms with Crippen molar-refractivity contribution in [1.29, 1.82) is 0 Å². The number of ketones is 1. The maximum Gasteiger partial charge on any atom is 0.194 e. The molecule has 0 atom stereocenters. The van der Waals surface area contributed by atoms with E-state index < -0.39 is 0 Å². The topological polar surface area (TPSA) is 42.0 Å². The zero-order valence-corrected chi connectivity index (χ0v) is 9.31. The van der Waals surface area contributed by atoms with Crippen LogP contribution in [0.15, 0.2) is 42.7 Å². The van der Waals surface area contributed by atoms with Crippen LogP contribution in [0.4, 0.5) is 0 Å². The van der Waals surface area contributed by atoms with Gasteiger partial charge in [-0.3, -0.25) is 9.78 Å². The van der Waals surface area contributed by atoms with Crippen molar-refractivity contribution in [2.45, 2.75) is 13.1 Å². The minimum absolute atomic E-state index is 0.0350. The van der Waals surface area contributed by atoms with Gasteiger partial charge in [0.15, 0.2) is 5.78 Å². The third kappa shape index (κ3) is 1.85. The second-order valence-electron chi connectivity index (χ2n) is 4.16. The van der Waals surface area contributed by atoms with E-state index in [-0.39, 0.29) is 5.78 Å². The molecule has 17 heavy (non-hydrogen) atoms. The number of benzene rings is 1. The number of rotatable bonds is 2. The fraction of sp³-hybridized carbons (Fsp3) is 0.143. The molecule has 0 spiro atoms. The third-order valence-corrected chi connectivity index (χ3v) is 3.02. The highest BCUT2D eigenvalue weighted by Gasteiger charge is 2.14. The average Bonchev–Trinajstić information content (AvgIpc) is 2.86. The van der Waals surface area contributed by atoms with Crippen LogP contribution < -0.4 is 5.32 Å². The van der Waals surface area contributed by atoms with Crippen molar-refractivity contribution in [2.24, 2.45) is 0 Å². The molecule has 0 saturated heterocycles. The molecule has 0 amide bonds. The smallest absolute Gasteiger partial charge is 0.194 e. The Labute approximate surface area is 99.5 Å². The van der Waals surface area contributed by atoms with Crippen molar-refractivity contribution in [2.75, 3.05) is 0 Å². The van der Waals surface area contributed by atoms with E-state index in [0.29, 0.717) is 5.56 Å². The van der Waals surface area contributed by atoms with Crippen LogP contribution in [-0.2, 0) is 13.1 Å². The summed E-state index contributed by atoms with van der Waals surface area (Å²) in [6.07, 6.45) is 3.28. The number of nitrogens with one attached hydrogen (secondary N) is 1. The zero-order chi connectivity index (χ0) is 11.7. The first-order valence-corrected chi connectivity index (χ1v) is 5.62. The van der Waals surface area contributed by atoms with Crippen LogP contribution in [0, 0.1) is 0 Å². The first-order valence-electron chi connectivity index (χ1n) is 5.62. The second-order valence-corrected chi connectivity index (χ2v) is 4.16. The van der Waals surface area contributed by atoms with Crippen molar-refractivity contribution < 1.29 is 4.79 Å². The SMILES string of the molecule is O=C(c1cccnc1)c1ccc2c(c1)CNC2. The molecule has 1 aromatic heterocycles. The van der Waals surface area contributed by atoms with Gasteiger partial charge < -0.3 is 5.32 Å². The molecule has 1 aliphatic heterocycles. The predicted molar refractivity (Wildman–Crippen MR) is 64.7 cm³/mol. The van der Waals surface area contributed by atoms with Gasteiger partial charge in [0, 0.05) is 36.6 Å². The molecule has 2 aromatic rings. The molecule has 0 saturated carbocycles. The Morgan fingerprint density at radius 1 is 1.12 bits per heavy atom. The standard InChI is InChI=1S/C14H12N2O/c17-14(12-2-1-5-15-8-12)10-3-4-11-7-16-9-13(11)6-10/h1-6,8,16H,7,9H2. The van der Waals surface area contributed by atoms with Gasteiger partial charge in [-0.05, 0) is 29.3 Å². The van der Waals surface area contributed by atoms with E-state index in [1.807, 2.05) is 18.2 Å². The number of nitrogens with zero attached hydrogens (tertiary/aromatic N) is 1. The maximum absolute atomic E-state index is 12.2. The van der Waals surface area contributed by atoms with Gasteiger partial charge in [0.05, 0.1) is 0 Å². The Hall–Kier alpha value is -2.00. The number of carbonyl (C=O) groups excluding carboxylic acids is 1. The van der Waals surface area contributed by atoms with Gasteiger partial charge in [0.2, 0.25) is 0 Å². The minimum atomic E-state index is 0.0350. The number of carbonyl (C=O) groups is 1. The molecular weight excluding hydrogens is 212 g/mol. The molecule has 3 nitrogen and oxygen atoms in total. The summed E-state index contributed by atoms with van der Waals surface area (Å²) in [5.41, 5.74) is 3.88. The number of hydrogen-bond acceptors (Lipinski definition) is 3. The molecule has 1 aromatic carbocycles. The van der Waals surface area contributed by atoms with Gasteiger partial charge in [0.1, 0.15) is 0 Å². The molecule has 0 fully saturated rings. The van der Waals surface area contributed by atoms with Gasteiger partial charge in [0.25, 0.3) is 0 Å². The monoisotopic (exact) mass is 224 g/mol.